The second-order valence-corrected chi connectivity index (χ2v) is 7.62. The number of carbonyl (C=O) groups is 1. The predicted octanol–water partition coefficient (Wildman–Crippen LogP) is 3.78. The second kappa shape index (κ2) is 8.76. The Morgan fingerprint density at radius 2 is 1.52 bits per heavy atom. The highest BCUT2D eigenvalue weighted by Gasteiger charge is 2.12. The first-order chi connectivity index (χ1) is 13.8. The molecule has 3 rings (SSSR count). The van der Waals surface area contributed by atoms with E-state index in [1.54, 1.807) is 36.4 Å². The van der Waals surface area contributed by atoms with E-state index in [0.29, 0.717) is 23.8 Å². The number of primary sulfonamides is 1. The predicted molar refractivity (Wildman–Crippen MR) is 110 cm³/mol. The molecule has 0 unspecified atom stereocenters. The first kappa shape index (κ1) is 20.4. The fourth-order valence-corrected chi connectivity index (χ4v) is 3.09. The van der Waals surface area contributed by atoms with Crippen molar-refractivity contribution in [1.82, 2.24) is 0 Å². The van der Waals surface area contributed by atoms with Crippen molar-refractivity contribution < 1.29 is 22.7 Å². The number of nitrogens with two attached hydrogens (primary N) is 1. The lowest BCUT2D eigenvalue weighted by atomic mass is 10.2. The van der Waals surface area contributed by atoms with Gasteiger partial charge in [-0.05, 0) is 73.7 Å². The molecule has 8 heteroatoms. The lowest BCUT2D eigenvalue weighted by Gasteiger charge is -2.09. The van der Waals surface area contributed by atoms with E-state index >= 15 is 0 Å². The molecule has 0 aromatic heterocycles. The number of nitrogens with one attached hydrogen (secondary N) is 1. The number of amides is 1. The van der Waals surface area contributed by atoms with Gasteiger partial charge in [-0.15, -0.1) is 0 Å². The molecule has 0 fully saturated rings. The summed E-state index contributed by atoms with van der Waals surface area (Å²) < 4.78 is 34.0. The lowest BCUT2D eigenvalue weighted by molar-refractivity contribution is 0.102. The molecule has 3 aromatic rings. The van der Waals surface area contributed by atoms with Crippen LogP contribution in [0.4, 0.5) is 5.69 Å². The molecule has 0 saturated heterocycles. The maximum Gasteiger partial charge on any atom is 0.255 e. The van der Waals surface area contributed by atoms with Gasteiger partial charge in [-0.3, -0.25) is 4.79 Å². The van der Waals surface area contributed by atoms with Gasteiger partial charge in [-0.1, -0.05) is 6.07 Å². The summed E-state index contributed by atoms with van der Waals surface area (Å²) in [5.74, 6) is 1.58. The van der Waals surface area contributed by atoms with Crippen LogP contribution < -0.4 is 19.9 Å². The van der Waals surface area contributed by atoms with Crippen LogP contribution in [-0.4, -0.2) is 20.9 Å². The molecular weight excluding hydrogens is 392 g/mol. The van der Waals surface area contributed by atoms with E-state index in [1.807, 2.05) is 19.1 Å². The normalized spacial score (nSPS) is 11.0. The number of benzene rings is 3. The number of hydrogen-bond acceptors (Lipinski definition) is 5. The van der Waals surface area contributed by atoms with Crippen LogP contribution in [0.5, 0.6) is 17.2 Å². The zero-order valence-electron chi connectivity index (χ0n) is 15.7. The average Bonchev–Trinajstić information content (AvgIpc) is 2.70. The van der Waals surface area contributed by atoms with Crippen molar-refractivity contribution in [1.29, 1.82) is 0 Å². The van der Waals surface area contributed by atoms with Crippen LogP contribution in [0.15, 0.2) is 77.7 Å². The van der Waals surface area contributed by atoms with Gasteiger partial charge in [0, 0.05) is 11.3 Å². The molecule has 0 aliphatic carbocycles. The van der Waals surface area contributed by atoms with Gasteiger partial charge in [0.05, 0.1) is 11.5 Å². The third kappa shape index (κ3) is 5.56. The summed E-state index contributed by atoms with van der Waals surface area (Å²) in [6.45, 7) is 2.52. The van der Waals surface area contributed by atoms with Gasteiger partial charge in [-0.25, -0.2) is 13.6 Å². The maximum atomic E-state index is 12.4. The highest BCUT2D eigenvalue weighted by molar-refractivity contribution is 7.89. The van der Waals surface area contributed by atoms with Gasteiger partial charge >= 0.3 is 0 Å². The highest BCUT2D eigenvalue weighted by atomic mass is 32.2. The number of anilines is 1. The number of carbonyl (C=O) groups excluding carboxylic acids is 1. The van der Waals surface area contributed by atoms with Crippen molar-refractivity contribution in [3.63, 3.8) is 0 Å². The van der Waals surface area contributed by atoms with Crippen molar-refractivity contribution in [2.45, 2.75) is 11.8 Å². The number of hydrogen-bond donors (Lipinski definition) is 2. The van der Waals surface area contributed by atoms with Crippen molar-refractivity contribution in [3.8, 4) is 17.2 Å². The molecule has 3 N–H and O–H groups in total. The molecule has 1 amide bonds. The maximum absolute atomic E-state index is 12.4. The Morgan fingerprint density at radius 1 is 0.931 bits per heavy atom. The Balaban J connectivity index is 1.65. The molecule has 3 aromatic carbocycles. The number of sulfonamides is 1. The van der Waals surface area contributed by atoms with E-state index in [-0.39, 0.29) is 10.5 Å². The quantitative estimate of drug-likeness (QED) is 0.614. The molecule has 0 atom stereocenters. The highest BCUT2D eigenvalue weighted by Crippen LogP contribution is 2.25. The third-order valence-corrected chi connectivity index (χ3v) is 4.82. The Labute approximate surface area is 169 Å². The molecular formula is C21H20N2O5S. The lowest BCUT2D eigenvalue weighted by Crippen LogP contribution is -2.15. The van der Waals surface area contributed by atoms with E-state index < -0.39 is 15.9 Å². The van der Waals surface area contributed by atoms with Crippen molar-refractivity contribution in [2.75, 3.05) is 11.9 Å². The summed E-state index contributed by atoms with van der Waals surface area (Å²) in [6, 6.07) is 19.6. The third-order valence-electron chi connectivity index (χ3n) is 3.91. The molecule has 0 aliphatic heterocycles. The Bertz CT molecular complexity index is 1090. The van der Waals surface area contributed by atoms with Gasteiger partial charge in [0.1, 0.15) is 17.2 Å². The standard InChI is InChI=1S/C21H20N2O5S/c1-2-27-17-10-12-19(13-11-17)28-18-8-6-16(7-9-18)23-21(24)15-4-3-5-20(14-15)29(22,25)26/h3-14H,2H2,1H3,(H,23,24)(H2,22,25,26). The zero-order valence-corrected chi connectivity index (χ0v) is 16.5. The topological polar surface area (TPSA) is 108 Å². The van der Waals surface area contributed by atoms with E-state index in [4.69, 9.17) is 14.6 Å². The minimum Gasteiger partial charge on any atom is -0.494 e. The Kier molecular flexibility index (Phi) is 6.16. The van der Waals surface area contributed by atoms with E-state index in [1.165, 1.54) is 24.3 Å². The van der Waals surface area contributed by atoms with Crippen LogP contribution in [-0.2, 0) is 10.0 Å². The molecule has 0 heterocycles. The van der Waals surface area contributed by atoms with Crippen LogP contribution in [0.1, 0.15) is 17.3 Å². The molecule has 0 spiro atoms. The second-order valence-electron chi connectivity index (χ2n) is 6.06. The van der Waals surface area contributed by atoms with Gasteiger partial charge in [0.25, 0.3) is 5.91 Å². The molecule has 7 nitrogen and oxygen atoms in total. The molecule has 0 bridgehead atoms. The van der Waals surface area contributed by atoms with Crippen molar-refractivity contribution in [3.05, 3.63) is 78.4 Å². The molecule has 0 aliphatic rings. The Morgan fingerprint density at radius 3 is 2.10 bits per heavy atom. The van der Waals surface area contributed by atoms with E-state index in [2.05, 4.69) is 5.32 Å². The van der Waals surface area contributed by atoms with Gasteiger partial charge in [0.2, 0.25) is 10.0 Å². The van der Waals surface area contributed by atoms with E-state index in [9.17, 15) is 13.2 Å². The summed E-state index contributed by atoms with van der Waals surface area (Å²) in [5.41, 5.74) is 0.723. The fraction of sp³-hybridized carbons (Fsp3) is 0.0952. The van der Waals surface area contributed by atoms with Crippen LogP contribution in [0.25, 0.3) is 0 Å². The smallest absolute Gasteiger partial charge is 0.255 e. The molecule has 150 valence electrons. The minimum absolute atomic E-state index is 0.121. The van der Waals surface area contributed by atoms with Crippen molar-refractivity contribution >= 4 is 21.6 Å². The van der Waals surface area contributed by atoms with Crippen LogP contribution in [0.2, 0.25) is 0 Å². The van der Waals surface area contributed by atoms with Crippen LogP contribution in [0, 0.1) is 0 Å². The van der Waals surface area contributed by atoms with E-state index in [0.717, 1.165) is 5.75 Å². The SMILES string of the molecule is CCOc1ccc(Oc2ccc(NC(=O)c3cccc(S(N)(=O)=O)c3)cc2)cc1. The molecule has 0 saturated carbocycles. The first-order valence-electron chi connectivity index (χ1n) is 8.80. The average molecular weight is 412 g/mol. The van der Waals surface area contributed by atoms with Gasteiger partial charge in [0.15, 0.2) is 0 Å². The molecule has 29 heavy (non-hydrogen) atoms. The summed E-state index contributed by atoms with van der Waals surface area (Å²) in [5, 5.41) is 7.80. The summed E-state index contributed by atoms with van der Waals surface area (Å²) in [7, 11) is -3.88. The number of rotatable bonds is 7. The van der Waals surface area contributed by atoms with Gasteiger partial charge < -0.3 is 14.8 Å². The first-order valence-corrected chi connectivity index (χ1v) is 10.3. The van der Waals surface area contributed by atoms with Crippen LogP contribution >= 0.6 is 0 Å². The zero-order chi connectivity index (χ0) is 20.9. The summed E-state index contributed by atoms with van der Waals surface area (Å²) in [6.07, 6.45) is 0. The van der Waals surface area contributed by atoms with Crippen LogP contribution in [0.3, 0.4) is 0 Å². The van der Waals surface area contributed by atoms with Crippen molar-refractivity contribution in [2.24, 2.45) is 5.14 Å². The fourth-order valence-electron chi connectivity index (χ4n) is 2.53. The number of ether oxygens (including phenoxy) is 2. The Hall–Kier alpha value is -3.36. The largest absolute Gasteiger partial charge is 0.494 e. The van der Waals surface area contributed by atoms with Gasteiger partial charge in [-0.2, -0.15) is 0 Å². The monoisotopic (exact) mass is 412 g/mol. The molecule has 0 radical (unpaired) electrons. The summed E-state index contributed by atoms with van der Waals surface area (Å²) in [4.78, 5) is 12.2. The minimum atomic E-state index is -3.88. The summed E-state index contributed by atoms with van der Waals surface area (Å²) >= 11 is 0.